The number of anilines is 2. The summed E-state index contributed by atoms with van der Waals surface area (Å²) in [4.78, 5) is 0. The number of ether oxygens (including phenoxy) is 1. The van der Waals surface area contributed by atoms with Crippen molar-refractivity contribution in [1.82, 2.24) is 0 Å². The molecule has 3 nitrogen and oxygen atoms in total. The van der Waals surface area contributed by atoms with Crippen LogP contribution in [0.5, 0.6) is 5.75 Å². The van der Waals surface area contributed by atoms with E-state index < -0.39 is 0 Å². The third-order valence-electron chi connectivity index (χ3n) is 2.19. The van der Waals surface area contributed by atoms with Gasteiger partial charge in [0.25, 0.3) is 0 Å². The van der Waals surface area contributed by atoms with E-state index in [0.717, 1.165) is 17.1 Å². The molecule has 0 amide bonds. The Labute approximate surface area is 95.0 Å². The van der Waals surface area contributed by atoms with Crippen LogP contribution in [0.4, 0.5) is 11.4 Å². The maximum absolute atomic E-state index is 5.14. The van der Waals surface area contributed by atoms with Gasteiger partial charge >= 0.3 is 0 Å². The number of nitrogens with one attached hydrogen (secondary N) is 2. The molecule has 2 aromatic carbocycles. The number of benzene rings is 2. The molecule has 0 atom stereocenters. The molecule has 0 unspecified atom stereocenters. The van der Waals surface area contributed by atoms with Crippen LogP contribution in [0.15, 0.2) is 54.6 Å². The van der Waals surface area contributed by atoms with Gasteiger partial charge in [-0.05, 0) is 24.3 Å². The second-order valence-electron chi connectivity index (χ2n) is 3.35. The lowest BCUT2D eigenvalue weighted by molar-refractivity contribution is 0.415. The molecular weight excluding hydrogens is 200 g/mol. The van der Waals surface area contributed by atoms with Gasteiger partial charge in [-0.3, -0.25) is 0 Å². The maximum Gasteiger partial charge on any atom is 0.120 e. The summed E-state index contributed by atoms with van der Waals surface area (Å²) in [6.07, 6.45) is 0. The summed E-state index contributed by atoms with van der Waals surface area (Å²) in [7, 11) is 1.66. The van der Waals surface area contributed by atoms with Crippen molar-refractivity contribution >= 4 is 11.4 Å². The summed E-state index contributed by atoms with van der Waals surface area (Å²) in [6.45, 7) is 0. The molecule has 0 aliphatic carbocycles. The molecule has 2 rings (SSSR count). The van der Waals surface area contributed by atoms with Gasteiger partial charge < -0.3 is 15.6 Å². The van der Waals surface area contributed by atoms with E-state index in [9.17, 15) is 0 Å². The summed E-state index contributed by atoms with van der Waals surface area (Å²) >= 11 is 0. The van der Waals surface area contributed by atoms with Crippen molar-refractivity contribution in [3.8, 4) is 5.75 Å². The van der Waals surface area contributed by atoms with Crippen LogP contribution in [0.3, 0.4) is 0 Å². The number of hydrazine groups is 1. The van der Waals surface area contributed by atoms with Crippen molar-refractivity contribution in [3.05, 3.63) is 54.6 Å². The van der Waals surface area contributed by atoms with Crippen LogP contribution in [0.2, 0.25) is 0 Å². The normalized spacial score (nSPS) is 9.56. The monoisotopic (exact) mass is 214 g/mol. The van der Waals surface area contributed by atoms with Crippen molar-refractivity contribution in [2.45, 2.75) is 0 Å². The number of hydrogen-bond acceptors (Lipinski definition) is 3. The van der Waals surface area contributed by atoms with Crippen molar-refractivity contribution < 1.29 is 4.74 Å². The van der Waals surface area contributed by atoms with E-state index >= 15 is 0 Å². The Bertz CT molecular complexity index is 443. The summed E-state index contributed by atoms with van der Waals surface area (Å²) < 4.78 is 5.14. The summed E-state index contributed by atoms with van der Waals surface area (Å²) in [6, 6.07) is 17.7. The Morgan fingerprint density at radius 2 is 1.50 bits per heavy atom. The van der Waals surface area contributed by atoms with Gasteiger partial charge in [0.05, 0.1) is 18.5 Å². The predicted molar refractivity (Wildman–Crippen MR) is 66.7 cm³/mol. The zero-order valence-electron chi connectivity index (χ0n) is 9.10. The number of para-hydroxylation sites is 1. The Balaban J connectivity index is 1.99. The van der Waals surface area contributed by atoms with Crippen LogP contribution in [0.1, 0.15) is 0 Å². The molecule has 0 saturated heterocycles. The first-order valence-corrected chi connectivity index (χ1v) is 5.09. The average Bonchev–Trinajstić information content (AvgIpc) is 2.38. The van der Waals surface area contributed by atoms with Crippen LogP contribution >= 0.6 is 0 Å². The third-order valence-corrected chi connectivity index (χ3v) is 2.19. The van der Waals surface area contributed by atoms with E-state index in [1.54, 1.807) is 7.11 Å². The molecule has 0 bridgehead atoms. The minimum absolute atomic E-state index is 0.833. The van der Waals surface area contributed by atoms with Crippen molar-refractivity contribution in [3.63, 3.8) is 0 Å². The first-order valence-electron chi connectivity index (χ1n) is 5.09. The Hall–Kier alpha value is -2.16. The summed E-state index contributed by atoms with van der Waals surface area (Å²) in [5, 5.41) is 0. The second-order valence-corrected chi connectivity index (χ2v) is 3.35. The fraction of sp³-hybridized carbons (Fsp3) is 0.0769. The fourth-order valence-corrected chi connectivity index (χ4v) is 1.37. The molecule has 0 aromatic heterocycles. The predicted octanol–water partition coefficient (Wildman–Crippen LogP) is 3.13. The second kappa shape index (κ2) is 5.07. The van der Waals surface area contributed by atoms with E-state index in [0.29, 0.717) is 0 Å². The highest BCUT2D eigenvalue weighted by Gasteiger charge is 1.94. The van der Waals surface area contributed by atoms with Crippen LogP contribution in [-0.4, -0.2) is 7.11 Å². The molecule has 2 N–H and O–H groups in total. The zero-order valence-corrected chi connectivity index (χ0v) is 9.10. The molecule has 0 heterocycles. The van der Waals surface area contributed by atoms with Crippen molar-refractivity contribution in [2.24, 2.45) is 0 Å². The largest absolute Gasteiger partial charge is 0.497 e. The number of rotatable bonds is 4. The number of methoxy groups -OCH3 is 1. The molecule has 82 valence electrons. The molecule has 2 aromatic rings. The molecular formula is C13H14N2O. The van der Waals surface area contributed by atoms with Gasteiger partial charge in [0.2, 0.25) is 0 Å². The molecule has 0 radical (unpaired) electrons. The van der Waals surface area contributed by atoms with Gasteiger partial charge in [0.1, 0.15) is 5.75 Å². The van der Waals surface area contributed by atoms with Crippen molar-refractivity contribution in [1.29, 1.82) is 0 Å². The minimum Gasteiger partial charge on any atom is -0.497 e. The molecule has 0 saturated carbocycles. The fourth-order valence-electron chi connectivity index (χ4n) is 1.37. The van der Waals surface area contributed by atoms with Crippen LogP contribution < -0.4 is 15.6 Å². The zero-order chi connectivity index (χ0) is 11.2. The molecule has 3 heteroatoms. The molecule has 0 aliphatic rings. The average molecular weight is 214 g/mol. The first-order chi connectivity index (χ1) is 7.88. The Morgan fingerprint density at radius 3 is 2.25 bits per heavy atom. The van der Waals surface area contributed by atoms with Gasteiger partial charge in [-0.2, -0.15) is 0 Å². The van der Waals surface area contributed by atoms with E-state index in [1.165, 1.54) is 0 Å². The topological polar surface area (TPSA) is 33.3 Å². The van der Waals surface area contributed by atoms with Gasteiger partial charge in [-0.1, -0.05) is 24.3 Å². The quantitative estimate of drug-likeness (QED) is 0.767. The highest BCUT2D eigenvalue weighted by atomic mass is 16.5. The maximum atomic E-state index is 5.14. The molecule has 0 aliphatic heterocycles. The van der Waals surface area contributed by atoms with Crippen LogP contribution in [0, 0.1) is 0 Å². The Kier molecular flexibility index (Phi) is 3.28. The SMILES string of the molecule is COc1cccc(NNc2ccccc2)c1. The lowest BCUT2D eigenvalue weighted by Gasteiger charge is -2.10. The van der Waals surface area contributed by atoms with Gasteiger partial charge in [-0.25, -0.2) is 0 Å². The van der Waals surface area contributed by atoms with Crippen LogP contribution in [0.25, 0.3) is 0 Å². The minimum atomic E-state index is 0.833. The third kappa shape index (κ3) is 2.67. The molecule has 0 spiro atoms. The van der Waals surface area contributed by atoms with E-state index in [2.05, 4.69) is 10.9 Å². The van der Waals surface area contributed by atoms with Crippen LogP contribution in [-0.2, 0) is 0 Å². The van der Waals surface area contributed by atoms with Gasteiger partial charge in [-0.15, -0.1) is 0 Å². The molecule has 0 fully saturated rings. The summed E-state index contributed by atoms with van der Waals surface area (Å²) in [5.41, 5.74) is 8.19. The highest BCUT2D eigenvalue weighted by Crippen LogP contribution is 2.17. The van der Waals surface area contributed by atoms with E-state index in [1.807, 2.05) is 54.6 Å². The number of hydrogen-bond donors (Lipinski definition) is 2. The lowest BCUT2D eigenvalue weighted by Crippen LogP contribution is -2.08. The van der Waals surface area contributed by atoms with E-state index in [4.69, 9.17) is 4.74 Å². The lowest BCUT2D eigenvalue weighted by atomic mass is 10.3. The standard InChI is InChI=1S/C13H14N2O/c1-16-13-9-5-8-12(10-13)15-14-11-6-3-2-4-7-11/h2-10,14-15H,1H3. The Morgan fingerprint density at radius 1 is 0.812 bits per heavy atom. The van der Waals surface area contributed by atoms with Gasteiger partial charge in [0.15, 0.2) is 0 Å². The van der Waals surface area contributed by atoms with Gasteiger partial charge in [0, 0.05) is 6.07 Å². The van der Waals surface area contributed by atoms with Crippen molar-refractivity contribution in [2.75, 3.05) is 18.0 Å². The smallest absolute Gasteiger partial charge is 0.120 e. The molecule has 16 heavy (non-hydrogen) atoms. The first kappa shape index (κ1) is 10.4. The highest BCUT2D eigenvalue weighted by molar-refractivity contribution is 5.54. The van der Waals surface area contributed by atoms with E-state index in [-0.39, 0.29) is 0 Å². The summed E-state index contributed by atoms with van der Waals surface area (Å²) in [5.74, 6) is 0.833.